The largest absolute Gasteiger partial charge is 0.455 e. The first-order valence-corrected chi connectivity index (χ1v) is 5.31. The molecule has 18 heavy (non-hydrogen) atoms. The van der Waals surface area contributed by atoms with Crippen molar-refractivity contribution < 1.29 is 14.4 Å². The zero-order chi connectivity index (χ0) is 12.8. The highest BCUT2D eigenvalue weighted by molar-refractivity contribution is 5.96. The van der Waals surface area contributed by atoms with Gasteiger partial charge in [0.05, 0.1) is 18.9 Å². The summed E-state index contributed by atoms with van der Waals surface area (Å²) >= 11 is 0. The molecule has 1 amide bonds. The molecule has 1 aromatic heterocycles. The van der Waals surface area contributed by atoms with Crippen LogP contribution in [-0.4, -0.2) is 18.0 Å². The zero-order valence-corrected chi connectivity index (χ0v) is 9.79. The number of hydroxylamine groups is 1. The molecule has 92 valence electrons. The van der Waals surface area contributed by atoms with Gasteiger partial charge in [-0.15, -0.1) is 0 Å². The minimum absolute atomic E-state index is 0.364. The van der Waals surface area contributed by atoms with Crippen LogP contribution in [0.5, 0.6) is 11.5 Å². The van der Waals surface area contributed by atoms with E-state index in [-0.39, 0.29) is 5.91 Å². The molecule has 0 radical (unpaired) electrons. The van der Waals surface area contributed by atoms with Crippen LogP contribution < -0.4 is 10.2 Å². The number of para-hydroxylation sites is 1. The average Bonchev–Trinajstić information content (AvgIpc) is 2.41. The maximum atomic E-state index is 11.7. The van der Waals surface area contributed by atoms with Crippen molar-refractivity contribution in [1.29, 1.82) is 0 Å². The number of rotatable bonds is 4. The number of benzene rings is 1. The predicted molar refractivity (Wildman–Crippen MR) is 65.2 cm³/mol. The fourth-order valence-electron chi connectivity index (χ4n) is 1.43. The summed E-state index contributed by atoms with van der Waals surface area (Å²) < 4.78 is 5.60. The predicted octanol–water partition coefficient (Wildman–Crippen LogP) is 2.17. The van der Waals surface area contributed by atoms with E-state index in [1.54, 1.807) is 48.8 Å². The molecule has 0 aliphatic carbocycles. The molecule has 0 spiro atoms. The van der Waals surface area contributed by atoms with Gasteiger partial charge in [-0.05, 0) is 24.3 Å². The van der Waals surface area contributed by atoms with Gasteiger partial charge in [0.2, 0.25) is 0 Å². The minimum Gasteiger partial charge on any atom is -0.455 e. The molecule has 0 aliphatic rings. The second-order valence-corrected chi connectivity index (χ2v) is 3.42. The highest BCUT2D eigenvalue weighted by atomic mass is 16.6. The van der Waals surface area contributed by atoms with E-state index in [0.717, 1.165) is 0 Å². The van der Waals surface area contributed by atoms with Crippen LogP contribution in [-0.2, 0) is 4.84 Å². The summed E-state index contributed by atoms with van der Waals surface area (Å²) in [6.07, 6.45) is 3.22. The van der Waals surface area contributed by atoms with Gasteiger partial charge < -0.3 is 4.74 Å². The van der Waals surface area contributed by atoms with Crippen molar-refractivity contribution in [2.45, 2.75) is 0 Å². The molecule has 5 nitrogen and oxygen atoms in total. The fraction of sp³-hybridized carbons (Fsp3) is 0.0769. The number of carbonyl (C=O) groups excluding carboxylic acids is 1. The van der Waals surface area contributed by atoms with E-state index in [1.807, 2.05) is 0 Å². The van der Waals surface area contributed by atoms with Crippen LogP contribution in [0.1, 0.15) is 10.4 Å². The smallest absolute Gasteiger partial charge is 0.278 e. The normalized spacial score (nSPS) is 9.83. The highest BCUT2D eigenvalue weighted by Gasteiger charge is 2.12. The quantitative estimate of drug-likeness (QED) is 0.837. The molecule has 2 aromatic rings. The Morgan fingerprint density at radius 1 is 1.22 bits per heavy atom. The number of hydrogen-bond donors (Lipinski definition) is 1. The standard InChI is InChI=1S/C13H12N2O3/c1-17-15-13(16)11-6-2-3-7-12(11)18-10-5-4-8-14-9-10/h2-9H,1H3,(H,15,16). The maximum absolute atomic E-state index is 11.7. The summed E-state index contributed by atoms with van der Waals surface area (Å²) in [5.41, 5.74) is 2.65. The van der Waals surface area contributed by atoms with E-state index in [1.165, 1.54) is 7.11 Å². The van der Waals surface area contributed by atoms with Gasteiger partial charge in [-0.1, -0.05) is 12.1 Å². The Morgan fingerprint density at radius 3 is 2.78 bits per heavy atom. The molecule has 1 aromatic carbocycles. The highest BCUT2D eigenvalue weighted by Crippen LogP contribution is 2.24. The molecular weight excluding hydrogens is 232 g/mol. The number of nitrogens with zero attached hydrogens (tertiary/aromatic N) is 1. The van der Waals surface area contributed by atoms with Gasteiger partial charge in [0.25, 0.3) is 5.91 Å². The SMILES string of the molecule is CONC(=O)c1ccccc1Oc1cccnc1. The lowest BCUT2D eigenvalue weighted by Gasteiger charge is -2.09. The molecule has 1 N–H and O–H groups in total. The van der Waals surface area contributed by atoms with Crippen LogP contribution in [0.25, 0.3) is 0 Å². The van der Waals surface area contributed by atoms with Crippen molar-refractivity contribution >= 4 is 5.91 Å². The van der Waals surface area contributed by atoms with Crippen LogP contribution in [0.15, 0.2) is 48.8 Å². The zero-order valence-electron chi connectivity index (χ0n) is 9.79. The average molecular weight is 244 g/mol. The minimum atomic E-state index is -0.364. The van der Waals surface area contributed by atoms with Gasteiger partial charge in [-0.3, -0.25) is 14.6 Å². The van der Waals surface area contributed by atoms with Crippen molar-refractivity contribution in [3.63, 3.8) is 0 Å². The Balaban J connectivity index is 2.25. The molecular formula is C13H12N2O3. The first kappa shape index (κ1) is 12.1. The topological polar surface area (TPSA) is 60.5 Å². The summed E-state index contributed by atoms with van der Waals surface area (Å²) in [7, 11) is 1.38. The van der Waals surface area contributed by atoms with E-state index in [0.29, 0.717) is 17.1 Å². The molecule has 5 heteroatoms. The van der Waals surface area contributed by atoms with Gasteiger partial charge in [-0.25, -0.2) is 5.48 Å². The molecule has 1 heterocycles. The molecule has 0 unspecified atom stereocenters. The lowest BCUT2D eigenvalue weighted by atomic mass is 10.2. The van der Waals surface area contributed by atoms with E-state index in [2.05, 4.69) is 15.3 Å². The first-order valence-electron chi connectivity index (χ1n) is 5.31. The fourth-order valence-corrected chi connectivity index (χ4v) is 1.43. The second-order valence-electron chi connectivity index (χ2n) is 3.42. The van der Waals surface area contributed by atoms with Crippen molar-refractivity contribution in [3.8, 4) is 11.5 Å². The van der Waals surface area contributed by atoms with Crippen LogP contribution in [0.3, 0.4) is 0 Å². The van der Waals surface area contributed by atoms with E-state index >= 15 is 0 Å². The number of ether oxygens (including phenoxy) is 1. The Labute approximate surface area is 104 Å². The number of carbonyl (C=O) groups is 1. The van der Waals surface area contributed by atoms with Gasteiger partial charge in [0.1, 0.15) is 11.5 Å². The van der Waals surface area contributed by atoms with Crippen molar-refractivity contribution in [2.24, 2.45) is 0 Å². The van der Waals surface area contributed by atoms with Crippen molar-refractivity contribution in [2.75, 3.05) is 7.11 Å². The number of nitrogens with one attached hydrogen (secondary N) is 1. The molecule has 0 saturated carbocycles. The summed E-state index contributed by atoms with van der Waals surface area (Å²) in [5.74, 6) is 0.646. The molecule has 0 aliphatic heterocycles. The Hall–Kier alpha value is -2.40. The monoisotopic (exact) mass is 244 g/mol. The van der Waals surface area contributed by atoms with Gasteiger partial charge in [-0.2, -0.15) is 0 Å². The van der Waals surface area contributed by atoms with E-state index in [4.69, 9.17) is 4.74 Å². The van der Waals surface area contributed by atoms with Crippen LogP contribution in [0.4, 0.5) is 0 Å². The third-order valence-corrected chi connectivity index (χ3v) is 2.19. The van der Waals surface area contributed by atoms with E-state index < -0.39 is 0 Å². The number of pyridine rings is 1. The van der Waals surface area contributed by atoms with Crippen LogP contribution in [0.2, 0.25) is 0 Å². The lowest BCUT2D eigenvalue weighted by molar-refractivity contribution is 0.0535. The third kappa shape index (κ3) is 2.83. The Bertz CT molecular complexity index is 529. The molecule has 0 bridgehead atoms. The van der Waals surface area contributed by atoms with E-state index in [9.17, 15) is 4.79 Å². The van der Waals surface area contributed by atoms with Gasteiger partial charge >= 0.3 is 0 Å². The first-order chi connectivity index (χ1) is 8.81. The van der Waals surface area contributed by atoms with Crippen LogP contribution >= 0.6 is 0 Å². The molecule has 2 rings (SSSR count). The summed E-state index contributed by atoms with van der Waals surface area (Å²) in [5, 5.41) is 0. The van der Waals surface area contributed by atoms with Crippen LogP contribution in [0, 0.1) is 0 Å². The number of amides is 1. The van der Waals surface area contributed by atoms with Gasteiger partial charge in [0.15, 0.2) is 0 Å². The number of hydrogen-bond acceptors (Lipinski definition) is 4. The number of aromatic nitrogens is 1. The molecule has 0 fully saturated rings. The van der Waals surface area contributed by atoms with Crippen molar-refractivity contribution in [3.05, 3.63) is 54.4 Å². The molecule has 0 atom stereocenters. The molecule has 0 saturated heterocycles. The lowest BCUT2D eigenvalue weighted by Crippen LogP contribution is -2.22. The van der Waals surface area contributed by atoms with Gasteiger partial charge in [0, 0.05) is 6.20 Å². The van der Waals surface area contributed by atoms with Crippen molar-refractivity contribution in [1.82, 2.24) is 10.5 Å². The maximum Gasteiger partial charge on any atom is 0.278 e. The Kier molecular flexibility index (Phi) is 3.88. The summed E-state index contributed by atoms with van der Waals surface area (Å²) in [6.45, 7) is 0. The second kappa shape index (κ2) is 5.79. The third-order valence-electron chi connectivity index (χ3n) is 2.19. The Morgan fingerprint density at radius 2 is 2.06 bits per heavy atom. The summed E-state index contributed by atoms with van der Waals surface area (Å²) in [4.78, 5) is 20.3. The summed E-state index contributed by atoms with van der Waals surface area (Å²) in [6, 6.07) is 10.4.